The number of piperidine rings is 1. The van der Waals surface area contributed by atoms with Gasteiger partial charge >= 0.3 is 0 Å². The largest absolute Gasteiger partial charge is 0.352 e. The number of carbonyl (C=O) groups excluding carboxylic acids is 3. The maximum absolute atomic E-state index is 12.9. The van der Waals surface area contributed by atoms with Crippen LogP contribution in [0.15, 0.2) is 28.7 Å². The van der Waals surface area contributed by atoms with Crippen molar-refractivity contribution in [1.82, 2.24) is 20.0 Å². The molecular formula is C22H29BrN4O3. The molecule has 0 spiro atoms. The van der Waals surface area contributed by atoms with Crippen LogP contribution in [0.3, 0.4) is 0 Å². The lowest BCUT2D eigenvalue weighted by Gasteiger charge is -2.38. The Balaban J connectivity index is 1.20. The molecule has 1 aromatic carbocycles. The van der Waals surface area contributed by atoms with Crippen molar-refractivity contribution in [1.29, 1.82) is 0 Å². The molecule has 0 bridgehead atoms. The molecule has 2 saturated heterocycles. The van der Waals surface area contributed by atoms with E-state index < -0.39 is 0 Å². The van der Waals surface area contributed by atoms with Crippen molar-refractivity contribution in [2.75, 3.05) is 45.8 Å². The highest BCUT2D eigenvalue weighted by molar-refractivity contribution is 9.10. The van der Waals surface area contributed by atoms with Gasteiger partial charge in [0.15, 0.2) is 0 Å². The van der Waals surface area contributed by atoms with Crippen LogP contribution in [0.5, 0.6) is 0 Å². The molecule has 1 saturated carbocycles. The summed E-state index contributed by atoms with van der Waals surface area (Å²) >= 11 is 3.39. The van der Waals surface area contributed by atoms with E-state index in [0.29, 0.717) is 57.2 Å². The van der Waals surface area contributed by atoms with Crippen molar-refractivity contribution < 1.29 is 14.4 Å². The highest BCUT2D eigenvalue weighted by Gasteiger charge is 2.32. The lowest BCUT2D eigenvalue weighted by Crippen LogP contribution is -2.53. The van der Waals surface area contributed by atoms with Crippen LogP contribution >= 0.6 is 15.9 Å². The Hall–Kier alpha value is -1.93. The third-order valence-corrected chi connectivity index (χ3v) is 6.74. The molecule has 3 fully saturated rings. The van der Waals surface area contributed by atoms with Crippen molar-refractivity contribution in [2.24, 2.45) is 5.92 Å². The summed E-state index contributed by atoms with van der Waals surface area (Å²) in [4.78, 5) is 43.5. The van der Waals surface area contributed by atoms with Crippen LogP contribution in [-0.2, 0) is 9.59 Å². The van der Waals surface area contributed by atoms with Crippen LogP contribution in [0.25, 0.3) is 0 Å². The summed E-state index contributed by atoms with van der Waals surface area (Å²) in [6.07, 6.45) is 3.62. The van der Waals surface area contributed by atoms with Crippen LogP contribution in [0.1, 0.15) is 36.0 Å². The van der Waals surface area contributed by atoms with E-state index >= 15 is 0 Å². The SMILES string of the molecule is O=C(CN1CCN(C(=O)C2CCN(C(=O)c3ccc(Br)cc3)CC2)CC1)NC1CC1. The molecule has 0 aromatic heterocycles. The Labute approximate surface area is 185 Å². The second-order valence-corrected chi connectivity index (χ2v) is 9.43. The Morgan fingerprint density at radius 2 is 1.50 bits per heavy atom. The molecule has 30 heavy (non-hydrogen) atoms. The van der Waals surface area contributed by atoms with Gasteiger partial charge in [0.25, 0.3) is 5.91 Å². The molecule has 0 radical (unpaired) electrons. The van der Waals surface area contributed by atoms with Gasteiger partial charge < -0.3 is 15.1 Å². The van der Waals surface area contributed by atoms with Gasteiger partial charge in [0.1, 0.15) is 0 Å². The fourth-order valence-corrected chi connectivity index (χ4v) is 4.46. The minimum Gasteiger partial charge on any atom is -0.352 e. The summed E-state index contributed by atoms with van der Waals surface area (Å²) in [5, 5.41) is 3.02. The Morgan fingerprint density at radius 1 is 0.867 bits per heavy atom. The van der Waals surface area contributed by atoms with Gasteiger partial charge in [-0.3, -0.25) is 19.3 Å². The molecule has 162 valence electrons. The van der Waals surface area contributed by atoms with Crippen molar-refractivity contribution in [3.05, 3.63) is 34.3 Å². The molecule has 1 N–H and O–H groups in total. The Kier molecular flexibility index (Phi) is 6.73. The fourth-order valence-electron chi connectivity index (χ4n) is 4.19. The van der Waals surface area contributed by atoms with E-state index in [4.69, 9.17) is 0 Å². The number of hydrogen-bond donors (Lipinski definition) is 1. The number of nitrogens with one attached hydrogen (secondary N) is 1. The molecule has 3 amide bonds. The van der Waals surface area contributed by atoms with Gasteiger partial charge in [-0.05, 0) is 49.9 Å². The molecule has 8 heteroatoms. The molecule has 0 atom stereocenters. The van der Waals surface area contributed by atoms with E-state index in [-0.39, 0.29) is 23.6 Å². The van der Waals surface area contributed by atoms with Gasteiger partial charge in [-0.2, -0.15) is 0 Å². The number of rotatable bonds is 5. The molecule has 7 nitrogen and oxygen atoms in total. The molecule has 2 heterocycles. The lowest BCUT2D eigenvalue weighted by molar-refractivity contribution is -0.138. The highest BCUT2D eigenvalue weighted by Crippen LogP contribution is 2.23. The molecule has 0 unspecified atom stereocenters. The number of amides is 3. The monoisotopic (exact) mass is 476 g/mol. The number of carbonyl (C=O) groups is 3. The summed E-state index contributed by atoms with van der Waals surface area (Å²) in [5.74, 6) is 0.322. The minimum atomic E-state index is -0.0105. The zero-order valence-electron chi connectivity index (χ0n) is 17.2. The van der Waals surface area contributed by atoms with E-state index in [1.54, 1.807) is 0 Å². The first-order chi connectivity index (χ1) is 14.5. The Bertz CT molecular complexity index is 780. The highest BCUT2D eigenvalue weighted by atomic mass is 79.9. The van der Waals surface area contributed by atoms with E-state index in [1.807, 2.05) is 34.1 Å². The second-order valence-electron chi connectivity index (χ2n) is 8.52. The zero-order valence-corrected chi connectivity index (χ0v) is 18.8. The maximum atomic E-state index is 12.9. The van der Waals surface area contributed by atoms with Gasteiger partial charge in [-0.25, -0.2) is 0 Å². The quantitative estimate of drug-likeness (QED) is 0.701. The first-order valence-electron chi connectivity index (χ1n) is 10.8. The number of likely N-dealkylation sites (tertiary alicyclic amines) is 1. The van der Waals surface area contributed by atoms with Crippen LogP contribution < -0.4 is 5.32 Å². The molecular weight excluding hydrogens is 448 g/mol. The fraction of sp³-hybridized carbons (Fsp3) is 0.591. The smallest absolute Gasteiger partial charge is 0.253 e. The summed E-state index contributed by atoms with van der Waals surface area (Å²) in [6.45, 7) is 4.49. The summed E-state index contributed by atoms with van der Waals surface area (Å²) in [6, 6.07) is 7.79. The number of piperazine rings is 1. The average Bonchev–Trinajstić information content (AvgIpc) is 3.58. The minimum absolute atomic E-state index is 0.0105. The zero-order chi connectivity index (χ0) is 21.1. The van der Waals surface area contributed by atoms with Gasteiger partial charge in [-0.1, -0.05) is 15.9 Å². The molecule has 4 rings (SSSR count). The molecule has 1 aliphatic carbocycles. The predicted molar refractivity (Wildman–Crippen MR) is 117 cm³/mol. The topological polar surface area (TPSA) is 73.0 Å². The number of nitrogens with zero attached hydrogens (tertiary/aromatic N) is 3. The average molecular weight is 477 g/mol. The van der Waals surface area contributed by atoms with E-state index in [1.165, 1.54) is 0 Å². The summed E-state index contributed by atoms with van der Waals surface area (Å²) in [5.41, 5.74) is 0.685. The van der Waals surface area contributed by atoms with E-state index in [9.17, 15) is 14.4 Å². The second kappa shape index (κ2) is 9.47. The van der Waals surface area contributed by atoms with Crippen molar-refractivity contribution in [3.8, 4) is 0 Å². The third kappa shape index (κ3) is 5.40. The maximum Gasteiger partial charge on any atom is 0.253 e. The molecule has 3 aliphatic rings. The summed E-state index contributed by atoms with van der Waals surface area (Å²) < 4.78 is 0.951. The van der Waals surface area contributed by atoms with Gasteiger partial charge in [0, 0.05) is 61.3 Å². The van der Waals surface area contributed by atoms with E-state index in [2.05, 4.69) is 26.1 Å². The Morgan fingerprint density at radius 3 is 2.10 bits per heavy atom. The first kappa shape index (κ1) is 21.3. The van der Waals surface area contributed by atoms with E-state index in [0.717, 1.165) is 30.4 Å². The number of halogens is 1. The molecule has 2 aliphatic heterocycles. The normalized spacial score (nSPS) is 20.8. The van der Waals surface area contributed by atoms with Crippen LogP contribution in [-0.4, -0.2) is 84.3 Å². The van der Waals surface area contributed by atoms with Crippen LogP contribution in [0.4, 0.5) is 0 Å². The number of hydrogen-bond acceptors (Lipinski definition) is 4. The van der Waals surface area contributed by atoms with Crippen molar-refractivity contribution in [3.63, 3.8) is 0 Å². The van der Waals surface area contributed by atoms with Gasteiger partial charge in [0.2, 0.25) is 11.8 Å². The van der Waals surface area contributed by atoms with Crippen LogP contribution in [0, 0.1) is 5.92 Å². The standard InChI is InChI=1S/C22H29BrN4O3/c23-18-3-1-16(2-4-18)21(29)26-9-7-17(8-10-26)22(30)27-13-11-25(12-14-27)15-20(28)24-19-5-6-19/h1-4,17,19H,5-15H2,(H,24,28). The van der Waals surface area contributed by atoms with Crippen molar-refractivity contribution in [2.45, 2.75) is 31.7 Å². The molecule has 1 aromatic rings. The number of benzene rings is 1. The van der Waals surface area contributed by atoms with Gasteiger partial charge in [0.05, 0.1) is 6.54 Å². The predicted octanol–water partition coefficient (Wildman–Crippen LogP) is 1.72. The first-order valence-corrected chi connectivity index (χ1v) is 11.6. The lowest BCUT2D eigenvalue weighted by atomic mass is 9.94. The summed E-state index contributed by atoms with van der Waals surface area (Å²) in [7, 11) is 0. The van der Waals surface area contributed by atoms with Crippen molar-refractivity contribution >= 4 is 33.7 Å². The third-order valence-electron chi connectivity index (χ3n) is 6.22. The van der Waals surface area contributed by atoms with Gasteiger partial charge in [-0.15, -0.1) is 0 Å². The van der Waals surface area contributed by atoms with Crippen LogP contribution in [0.2, 0.25) is 0 Å².